The summed E-state index contributed by atoms with van der Waals surface area (Å²) >= 11 is 0. The largest absolute Gasteiger partial charge is 0.338 e. The van der Waals surface area contributed by atoms with Crippen LogP contribution in [0.25, 0.3) is 0 Å². The number of amidine groups is 2. The number of carbonyl (C=O) groups is 1. The van der Waals surface area contributed by atoms with Gasteiger partial charge in [-0.05, 0) is 54.1 Å². The van der Waals surface area contributed by atoms with Gasteiger partial charge in [-0.2, -0.15) is 0 Å². The van der Waals surface area contributed by atoms with Crippen LogP contribution in [0.15, 0.2) is 91.1 Å². The first-order valence-corrected chi connectivity index (χ1v) is 13.1. The van der Waals surface area contributed by atoms with Gasteiger partial charge in [-0.25, -0.2) is 9.37 Å². The van der Waals surface area contributed by atoms with Crippen molar-refractivity contribution >= 4 is 34.8 Å². The highest BCUT2D eigenvalue weighted by atomic mass is 19.1. The van der Waals surface area contributed by atoms with E-state index in [4.69, 9.17) is 10.8 Å². The van der Waals surface area contributed by atoms with E-state index >= 15 is 0 Å². The lowest BCUT2D eigenvalue weighted by atomic mass is 10.1. The number of para-hydroxylation sites is 1. The zero-order chi connectivity index (χ0) is 27.6. The Hall–Kier alpha value is -4.89. The van der Waals surface area contributed by atoms with Crippen molar-refractivity contribution < 1.29 is 9.18 Å². The van der Waals surface area contributed by atoms with Gasteiger partial charge >= 0.3 is 0 Å². The van der Waals surface area contributed by atoms with Crippen molar-refractivity contribution in [2.24, 2.45) is 0 Å². The van der Waals surface area contributed by atoms with Crippen LogP contribution in [0.3, 0.4) is 0 Å². The van der Waals surface area contributed by atoms with Gasteiger partial charge in [0.25, 0.3) is 5.91 Å². The number of piperazine rings is 1. The molecule has 0 bridgehead atoms. The molecule has 2 aliphatic rings. The molecule has 200 valence electrons. The molecule has 1 saturated heterocycles. The minimum Gasteiger partial charge on any atom is -0.338 e. The fraction of sp³-hybridized carbons (Fsp3) is 0.161. The number of benzene rings is 3. The SMILES string of the molecule is N=C(c1ccc(CN2CCN(C(=O)c3ccc(F)cc3)CC2)cc1)N1C(=N)c2ccccc2Nc2ncccc21. The van der Waals surface area contributed by atoms with Gasteiger partial charge in [0.15, 0.2) is 5.82 Å². The summed E-state index contributed by atoms with van der Waals surface area (Å²) in [7, 11) is 0. The predicted molar refractivity (Wildman–Crippen MR) is 154 cm³/mol. The van der Waals surface area contributed by atoms with Crippen molar-refractivity contribution in [1.82, 2.24) is 14.8 Å². The number of halogens is 1. The summed E-state index contributed by atoms with van der Waals surface area (Å²) < 4.78 is 13.2. The van der Waals surface area contributed by atoms with Crippen LogP contribution in [0.5, 0.6) is 0 Å². The van der Waals surface area contributed by atoms with Gasteiger partial charge in [0, 0.05) is 55.6 Å². The van der Waals surface area contributed by atoms with Gasteiger partial charge in [-0.3, -0.25) is 25.4 Å². The number of aromatic nitrogens is 1. The number of carbonyl (C=O) groups excluding carboxylic acids is 1. The Morgan fingerprint density at radius 3 is 2.33 bits per heavy atom. The summed E-state index contributed by atoms with van der Waals surface area (Å²) in [6.45, 7) is 3.44. The van der Waals surface area contributed by atoms with Gasteiger partial charge in [0.05, 0.1) is 11.4 Å². The molecule has 3 aromatic carbocycles. The lowest BCUT2D eigenvalue weighted by molar-refractivity contribution is 0.0628. The molecular weight excluding hydrogens is 505 g/mol. The molecule has 0 aliphatic carbocycles. The van der Waals surface area contributed by atoms with E-state index < -0.39 is 0 Å². The molecule has 8 nitrogen and oxygen atoms in total. The Morgan fingerprint density at radius 1 is 0.875 bits per heavy atom. The molecule has 0 radical (unpaired) electrons. The highest BCUT2D eigenvalue weighted by Crippen LogP contribution is 2.34. The molecule has 2 aliphatic heterocycles. The summed E-state index contributed by atoms with van der Waals surface area (Å²) in [6, 6.07) is 24.8. The van der Waals surface area contributed by atoms with Crippen LogP contribution < -0.4 is 10.2 Å². The highest BCUT2D eigenvalue weighted by Gasteiger charge is 2.28. The molecule has 3 heterocycles. The number of pyridine rings is 1. The maximum Gasteiger partial charge on any atom is 0.253 e. The number of amides is 1. The summed E-state index contributed by atoms with van der Waals surface area (Å²) in [5.74, 6) is 0.567. The predicted octanol–water partition coefficient (Wildman–Crippen LogP) is 5.09. The van der Waals surface area contributed by atoms with E-state index in [1.54, 1.807) is 17.2 Å². The second-order valence-electron chi connectivity index (χ2n) is 9.85. The van der Waals surface area contributed by atoms with E-state index in [0.717, 1.165) is 30.9 Å². The van der Waals surface area contributed by atoms with Crippen molar-refractivity contribution in [3.05, 3.63) is 119 Å². The quantitative estimate of drug-likeness (QED) is 0.251. The van der Waals surface area contributed by atoms with Crippen LogP contribution in [0.1, 0.15) is 27.0 Å². The molecule has 1 aromatic heterocycles. The van der Waals surface area contributed by atoms with Crippen LogP contribution in [-0.4, -0.2) is 58.5 Å². The molecule has 4 aromatic rings. The third kappa shape index (κ3) is 4.94. The third-order valence-electron chi connectivity index (χ3n) is 7.29. The van der Waals surface area contributed by atoms with E-state index in [1.807, 2.05) is 59.5 Å². The second kappa shape index (κ2) is 10.7. The molecule has 0 saturated carbocycles. The average Bonchev–Trinajstić information content (AvgIpc) is 3.11. The Labute approximate surface area is 231 Å². The Kier molecular flexibility index (Phi) is 6.79. The molecule has 3 N–H and O–H groups in total. The van der Waals surface area contributed by atoms with Gasteiger partial charge in [-0.1, -0.05) is 36.4 Å². The van der Waals surface area contributed by atoms with Crippen LogP contribution >= 0.6 is 0 Å². The molecule has 0 spiro atoms. The Balaban J connectivity index is 1.13. The summed E-state index contributed by atoms with van der Waals surface area (Å²) in [4.78, 5) is 22.9. The van der Waals surface area contributed by atoms with E-state index in [9.17, 15) is 9.18 Å². The van der Waals surface area contributed by atoms with Gasteiger partial charge in [0.2, 0.25) is 0 Å². The van der Waals surface area contributed by atoms with Gasteiger partial charge in [0.1, 0.15) is 17.5 Å². The minimum atomic E-state index is -0.351. The third-order valence-corrected chi connectivity index (χ3v) is 7.29. The van der Waals surface area contributed by atoms with Crippen molar-refractivity contribution in [1.29, 1.82) is 10.8 Å². The number of fused-ring (bicyclic) bond motifs is 2. The standard InChI is InChI=1S/C31H28FN7O/c32-24-13-11-23(12-14-24)31(40)38-18-16-37(17-19-38)20-21-7-9-22(10-8-21)28(33)39-27-6-3-15-35-30(27)36-26-5-2-1-4-25(26)29(39)34/h1-15,33-34H,16-20H2,(H,35,36). The van der Waals surface area contributed by atoms with Crippen molar-refractivity contribution in [2.45, 2.75) is 6.54 Å². The first-order chi connectivity index (χ1) is 19.5. The second-order valence-corrected chi connectivity index (χ2v) is 9.85. The Bertz CT molecular complexity index is 1580. The minimum absolute atomic E-state index is 0.0730. The van der Waals surface area contributed by atoms with E-state index in [1.165, 1.54) is 24.3 Å². The number of nitrogens with one attached hydrogen (secondary N) is 3. The lowest BCUT2D eigenvalue weighted by Crippen LogP contribution is -2.48. The number of anilines is 3. The highest BCUT2D eigenvalue weighted by molar-refractivity contribution is 6.30. The van der Waals surface area contributed by atoms with Gasteiger partial charge < -0.3 is 10.2 Å². The van der Waals surface area contributed by atoms with Crippen molar-refractivity contribution in [3.63, 3.8) is 0 Å². The number of nitrogens with zero attached hydrogens (tertiary/aromatic N) is 4. The van der Waals surface area contributed by atoms with Crippen LogP contribution in [-0.2, 0) is 6.54 Å². The monoisotopic (exact) mass is 533 g/mol. The molecule has 1 fully saturated rings. The molecular formula is C31H28FN7O. The fourth-order valence-corrected chi connectivity index (χ4v) is 5.11. The summed E-state index contributed by atoms with van der Waals surface area (Å²) in [5, 5.41) is 21.3. The van der Waals surface area contributed by atoms with Crippen molar-refractivity contribution in [3.8, 4) is 0 Å². The number of hydrogen-bond acceptors (Lipinski definition) is 6. The van der Waals surface area contributed by atoms with Crippen LogP contribution in [0, 0.1) is 16.6 Å². The van der Waals surface area contributed by atoms with Crippen molar-refractivity contribution in [2.75, 3.05) is 36.4 Å². The Morgan fingerprint density at radius 2 is 1.57 bits per heavy atom. The zero-order valence-electron chi connectivity index (χ0n) is 21.8. The number of hydrogen-bond donors (Lipinski definition) is 3. The molecule has 1 amide bonds. The molecule has 9 heteroatoms. The van der Waals surface area contributed by atoms with Gasteiger partial charge in [-0.15, -0.1) is 0 Å². The molecule has 0 atom stereocenters. The molecule has 6 rings (SSSR count). The lowest BCUT2D eigenvalue weighted by Gasteiger charge is -2.34. The van der Waals surface area contributed by atoms with E-state index in [0.29, 0.717) is 41.3 Å². The normalized spacial score (nSPS) is 15.1. The summed E-state index contributed by atoms with van der Waals surface area (Å²) in [5.41, 5.74) is 4.41. The first kappa shape index (κ1) is 25.4. The number of rotatable bonds is 4. The molecule has 0 unspecified atom stereocenters. The maximum absolute atomic E-state index is 13.2. The van der Waals surface area contributed by atoms with E-state index in [2.05, 4.69) is 15.2 Å². The maximum atomic E-state index is 13.2. The fourth-order valence-electron chi connectivity index (χ4n) is 5.11. The van der Waals surface area contributed by atoms with Crippen LogP contribution in [0.4, 0.5) is 21.6 Å². The average molecular weight is 534 g/mol. The topological polar surface area (TPSA) is 99.4 Å². The first-order valence-electron chi connectivity index (χ1n) is 13.1. The van der Waals surface area contributed by atoms with Crippen LogP contribution in [0.2, 0.25) is 0 Å². The zero-order valence-corrected chi connectivity index (χ0v) is 21.8. The molecule has 40 heavy (non-hydrogen) atoms. The van der Waals surface area contributed by atoms with E-state index in [-0.39, 0.29) is 23.4 Å². The summed E-state index contributed by atoms with van der Waals surface area (Å²) in [6.07, 6.45) is 1.69. The smallest absolute Gasteiger partial charge is 0.253 e.